The zero-order valence-corrected chi connectivity index (χ0v) is 12.6. The van der Waals surface area contributed by atoms with Crippen molar-refractivity contribution in [1.82, 2.24) is 5.32 Å². The van der Waals surface area contributed by atoms with E-state index in [0.29, 0.717) is 0 Å². The van der Waals surface area contributed by atoms with Crippen molar-refractivity contribution >= 4 is 0 Å². The number of allylic oxidation sites excluding steroid dienone is 2. The summed E-state index contributed by atoms with van der Waals surface area (Å²) >= 11 is 0. The van der Waals surface area contributed by atoms with Gasteiger partial charge in [-0.15, -0.1) is 0 Å². The Morgan fingerprint density at radius 1 is 1.15 bits per heavy atom. The molecule has 0 spiro atoms. The Morgan fingerprint density at radius 3 is 2.55 bits per heavy atom. The number of nitrogens with one attached hydrogen (secondary N) is 1. The van der Waals surface area contributed by atoms with Crippen LogP contribution >= 0.6 is 0 Å². The maximum atomic E-state index is 5.89. The van der Waals surface area contributed by atoms with Crippen molar-refractivity contribution in [3.63, 3.8) is 0 Å². The third-order valence-corrected chi connectivity index (χ3v) is 3.91. The molecule has 1 aliphatic rings. The van der Waals surface area contributed by atoms with Crippen molar-refractivity contribution in [3.8, 4) is 0 Å². The fourth-order valence-corrected chi connectivity index (χ4v) is 2.53. The smallest absolute Gasteiger partial charge is 0.0654 e. The average molecular weight is 268 g/mol. The van der Waals surface area contributed by atoms with Crippen LogP contribution in [0.1, 0.15) is 30.0 Å². The van der Waals surface area contributed by atoms with E-state index >= 15 is 0 Å². The molecule has 106 valence electrons. The lowest BCUT2D eigenvalue weighted by Gasteiger charge is -2.27. The van der Waals surface area contributed by atoms with Gasteiger partial charge < -0.3 is 11.1 Å². The zero-order valence-electron chi connectivity index (χ0n) is 12.6. The molecule has 2 heteroatoms. The number of benzene rings is 1. The second kappa shape index (κ2) is 6.00. The minimum atomic E-state index is 0.756. The van der Waals surface area contributed by atoms with Gasteiger partial charge in [0.25, 0.3) is 0 Å². The summed E-state index contributed by atoms with van der Waals surface area (Å²) < 4.78 is 0. The van der Waals surface area contributed by atoms with Gasteiger partial charge in [-0.25, -0.2) is 0 Å². The molecule has 1 aliphatic carbocycles. The zero-order chi connectivity index (χ0) is 14.7. The van der Waals surface area contributed by atoms with Gasteiger partial charge in [0.1, 0.15) is 0 Å². The molecule has 3 N–H and O–H groups in total. The van der Waals surface area contributed by atoms with Crippen LogP contribution in [0.3, 0.4) is 0 Å². The fourth-order valence-electron chi connectivity index (χ4n) is 2.53. The van der Waals surface area contributed by atoms with E-state index in [2.05, 4.69) is 50.5 Å². The molecule has 1 aromatic rings. The lowest BCUT2D eigenvalue weighted by Crippen LogP contribution is -2.30. The molecule has 0 saturated heterocycles. The van der Waals surface area contributed by atoms with Crippen LogP contribution in [0, 0.1) is 6.92 Å². The molecule has 20 heavy (non-hydrogen) atoms. The quantitative estimate of drug-likeness (QED) is 0.830. The molecular formula is C18H24N2. The van der Waals surface area contributed by atoms with Gasteiger partial charge in [-0.05, 0) is 36.5 Å². The van der Waals surface area contributed by atoms with Gasteiger partial charge in [0, 0.05) is 17.7 Å². The Hall–Kier alpha value is -1.96. The summed E-state index contributed by atoms with van der Waals surface area (Å²) in [6, 6.07) is 6.78. The molecule has 0 heterocycles. The number of hydrogen-bond acceptors (Lipinski definition) is 2. The van der Waals surface area contributed by atoms with Crippen LogP contribution in [-0.2, 0) is 12.8 Å². The number of nitrogens with two attached hydrogens (primary N) is 1. The molecule has 0 bridgehead atoms. The highest BCUT2D eigenvalue weighted by molar-refractivity contribution is 5.65. The molecular weight excluding hydrogens is 244 g/mol. The first-order valence-electron chi connectivity index (χ1n) is 7.25. The van der Waals surface area contributed by atoms with E-state index in [0.717, 1.165) is 41.9 Å². The first-order chi connectivity index (χ1) is 9.54. The molecule has 0 atom stereocenters. The second-order valence-corrected chi connectivity index (χ2v) is 5.43. The van der Waals surface area contributed by atoms with Crippen LogP contribution in [0.5, 0.6) is 0 Å². The molecule has 0 aromatic heterocycles. The Balaban J connectivity index is 1.96. The van der Waals surface area contributed by atoms with Crippen LogP contribution < -0.4 is 11.1 Å². The minimum Gasteiger partial charge on any atom is -0.397 e. The third kappa shape index (κ3) is 2.79. The van der Waals surface area contributed by atoms with Crippen molar-refractivity contribution in [2.24, 2.45) is 5.73 Å². The molecule has 0 fully saturated rings. The summed E-state index contributed by atoms with van der Waals surface area (Å²) in [6.07, 6.45) is 3.33. The maximum Gasteiger partial charge on any atom is 0.0654 e. The lowest BCUT2D eigenvalue weighted by molar-refractivity contribution is 0.767. The lowest BCUT2D eigenvalue weighted by atomic mass is 9.90. The van der Waals surface area contributed by atoms with E-state index in [-0.39, 0.29) is 0 Å². The standard InChI is InChI=1S/C18H24N2/c1-5-6-15-8-7-12(2)16(11-15)9-10-20-18-14(4)13(3)17(18)19/h7-8,11,20H,3-6,9-10,19H2,1-2H3. The van der Waals surface area contributed by atoms with Gasteiger partial charge in [0.05, 0.1) is 11.4 Å². The highest BCUT2D eigenvalue weighted by Gasteiger charge is 2.23. The van der Waals surface area contributed by atoms with Crippen molar-refractivity contribution in [2.75, 3.05) is 6.54 Å². The van der Waals surface area contributed by atoms with Crippen LogP contribution in [-0.4, -0.2) is 6.54 Å². The fraction of sp³-hybridized carbons (Fsp3) is 0.333. The monoisotopic (exact) mass is 268 g/mol. The van der Waals surface area contributed by atoms with Gasteiger partial charge in [-0.3, -0.25) is 0 Å². The van der Waals surface area contributed by atoms with Gasteiger partial charge in [0.15, 0.2) is 0 Å². The summed E-state index contributed by atoms with van der Waals surface area (Å²) in [6.45, 7) is 13.1. The first kappa shape index (κ1) is 14.4. The largest absolute Gasteiger partial charge is 0.397 e. The van der Waals surface area contributed by atoms with E-state index in [1.807, 2.05) is 0 Å². The van der Waals surface area contributed by atoms with Gasteiger partial charge in [-0.2, -0.15) is 0 Å². The van der Waals surface area contributed by atoms with Crippen molar-refractivity contribution in [3.05, 3.63) is 70.6 Å². The van der Waals surface area contributed by atoms with Crippen LogP contribution in [0.15, 0.2) is 53.9 Å². The third-order valence-electron chi connectivity index (χ3n) is 3.91. The molecule has 1 aromatic carbocycles. The predicted molar refractivity (Wildman–Crippen MR) is 86.4 cm³/mol. The first-order valence-corrected chi connectivity index (χ1v) is 7.25. The van der Waals surface area contributed by atoms with Crippen molar-refractivity contribution < 1.29 is 0 Å². The summed E-state index contributed by atoms with van der Waals surface area (Å²) in [5.74, 6) is 0. The van der Waals surface area contributed by atoms with E-state index in [9.17, 15) is 0 Å². The number of hydrogen-bond donors (Lipinski definition) is 2. The van der Waals surface area contributed by atoms with Crippen molar-refractivity contribution in [2.45, 2.75) is 33.1 Å². The van der Waals surface area contributed by atoms with E-state index < -0.39 is 0 Å². The maximum absolute atomic E-state index is 5.89. The predicted octanol–water partition coefficient (Wildman–Crippen LogP) is 3.38. The Labute approximate surface area is 122 Å². The average Bonchev–Trinajstić information content (AvgIpc) is 2.45. The Kier molecular flexibility index (Phi) is 4.33. The summed E-state index contributed by atoms with van der Waals surface area (Å²) in [4.78, 5) is 0. The Morgan fingerprint density at radius 2 is 1.90 bits per heavy atom. The molecule has 0 amide bonds. The number of aryl methyl sites for hydroxylation is 2. The topological polar surface area (TPSA) is 38.0 Å². The van der Waals surface area contributed by atoms with Gasteiger partial charge in [0.2, 0.25) is 0 Å². The molecule has 0 aliphatic heterocycles. The highest BCUT2D eigenvalue weighted by Crippen LogP contribution is 2.31. The SMILES string of the molecule is C=C1C(=C)C(NCCc2cc(CCC)ccc2C)=C1N. The van der Waals surface area contributed by atoms with E-state index in [4.69, 9.17) is 5.73 Å². The van der Waals surface area contributed by atoms with Gasteiger partial charge >= 0.3 is 0 Å². The molecule has 0 unspecified atom stereocenters. The van der Waals surface area contributed by atoms with E-state index in [1.54, 1.807) is 0 Å². The van der Waals surface area contributed by atoms with Crippen LogP contribution in [0.25, 0.3) is 0 Å². The summed E-state index contributed by atoms with van der Waals surface area (Å²) in [5, 5.41) is 3.37. The summed E-state index contributed by atoms with van der Waals surface area (Å²) in [7, 11) is 0. The highest BCUT2D eigenvalue weighted by atomic mass is 14.9. The van der Waals surface area contributed by atoms with Crippen LogP contribution in [0.4, 0.5) is 0 Å². The minimum absolute atomic E-state index is 0.756. The molecule has 0 saturated carbocycles. The summed E-state index contributed by atoms with van der Waals surface area (Å²) in [5.41, 5.74) is 13.6. The van der Waals surface area contributed by atoms with Crippen molar-refractivity contribution in [1.29, 1.82) is 0 Å². The van der Waals surface area contributed by atoms with Gasteiger partial charge in [-0.1, -0.05) is 44.7 Å². The Bertz CT molecular complexity index is 579. The molecule has 2 rings (SSSR count). The number of rotatable bonds is 6. The molecule has 2 nitrogen and oxygen atoms in total. The second-order valence-electron chi connectivity index (χ2n) is 5.43. The van der Waals surface area contributed by atoms with E-state index in [1.165, 1.54) is 23.1 Å². The normalized spacial score (nSPS) is 14.5. The molecule has 0 radical (unpaired) electrons. The van der Waals surface area contributed by atoms with Crippen LogP contribution in [0.2, 0.25) is 0 Å².